The predicted molar refractivity (Wildman–Crippen MR) is 74.5 cm³/mol. The van der Waals surface area contributed by atoms with E-state index in [9.17, 15) is 0 Å². The first kappa shape index (κ1) is 12.6. The Kier molecular flexibility index (Phi) is 3.60. The summed E-state index contributed by atoms with van der Waals surface area (Å²) in [5.41, 5.74) is 9.25. The molecule has 1 aromatic carbocycles. The van der Waals surface area contributed by atoms with Gasteiger partial charge in [-0.25, -0.2) is 9.97 Å². The second kappa shape index (κ2) is 5.17. The van der Waals surface area contributed by atoms with Gasteiger partial charge in [-0.1, -0.05) is 44.2 Å². The zero-order chi connectivity index (χ0) is 13.1. The third kappa shape index (κ3) is 2.35. The van der Waals surface area contributed by atoms with Crippen LogP contribution in [0.25, 0.3) is 0 Å². The molecule has 0 aliphatic heterocycles. The van der Waals surface area contributed by atoms with Gasteiger partial charge in [0.2, 0.25) is 0 Å². The Hall–Kier alpha value is -1.90. The molecule has 1 atom stereocenters. The van der Waals surface area contributed by atoms with E-state index < -0.39 is 0 Å². The molecule has 2 rings (SSSR count). The van der Waals surface area contributed by atoms with Crippen molar-refractivity contribution in [1.82, 2.24) is 9.97 Å². The summed E-state index contributed by atoms with van der Waals surface area (Å²) in [5.74, 6) is 1.58. The molecule has 1 unspecified atom stereocenters. The number of hydrogen-bond acceptors (Lipinski definition) is 3. The van der Waals surface area contributed by atoms with E-state index in [0.29, 0.717) is 5.82 Å². The van der Waals surface area contributed by atoms with Crippen LogP contribution < -0.4 is 5.73 Å². The molecule has 0 spiro atoms. The first-order valence-corrected chi connectivity index (χ1v) is 6.31. The molecule has 2 N–H and O–H groups in total. The van der Waals surface area contributed by atoms with E-state index in [0.717, 1.165) is 23.5 Å². The topological polar surface area (TPSA) is 51.8 Å². The monoisotopic (exact) mass is 241 g/mol. The lowest BCUT2D eigenvalue weighted by Crippen LogP contribution is -2.10. The number of aryl methyl sites for hydroxylation is 1. The lowest BCUT2D eigenvalue weighted by Gasteiger charge is -2.14. The van der Waals surface area contributed by atoms with E-state index >= 15 is 0 Å². The molecule has 0 saturated heterocycles. The quantitative estimate of drug-likeness (QED) is 0.898. The Labute approximate surface area is 108 Å². The number of nitrogen functional groups attached to an aromatic ring is 1. The molecule has 0 aliphatic carbocycles. The molecule has 0 fully saturated rings. The highest BCUT2D eigenvalue weighted by Crippen LogP contribution is 2.23. The van der Waals surface area contributed by atoms with Crippen LogP contribution in [0.1, 0.15) is 42.4 Å². The van der Waals surface area contributed by atoms with E-state index in [1.54, 1.807) is 0 Å². The largest absolute Gasteiger partial charge is 0.383 e. The summed E-state index contributed by atoms with van der Waals surface area (Å²) < 4.78 is 0. The summed E-state index contributed by atoms with van der Waals surface area (Å²) in [7, 11) is 0. The van der Waals surface area contributed by atoms with E-state index in [2.05, 4.69) is 35.9 Å². The number of anilines is 1. The lowest BCUT2D eigenvalue weighted by atomic mass is 10.00. The van der Waals surface area contributed by atoms with Crippen molar-refractivity contribution < 1.29 is 0 Å². The summed E-state index contributed by atoms with van der Waals surface area (Å²) in [6.07, 6.45) is 0.873. The number of nitrogens with two attached hydrogens (primary N) is 1. The highest BCUT2D eigenvalue weighted by Gasteiger charge is 2.14. The van der Waals surface area contributed by atoms with Crippen molar-refractivity contribution >= 4 is 5.82 Å². The van der Waals surface area contributed by atoms with Crippen LogP contribution in [0.4, 0.5) is 5.82 Å². The normalized spacial score (nSPS) is 12.4. The summed E-state index contributed by atoms with van der Waals surface area (Å²) >= 11 is 0. The van der Waals surface area contributed by atoms with Crippen LogP contribution in [0.2, 0.25) is 0 Å². The fourth-order valence-corrected chi connectivity index (χ4v) is 2.16. The Balaban J connectivity index is 2.41. The van der Waals surface area contributed by atoms with Gasteiger partial charge >= 0.3 is 0 Å². The molecule has 1 heterocycles. The van der Waals surface area contributed by atoms with Crippen molar-refractivity contribution in [3.8, 4) is 0 Å². The summed E-state index contributed by atoms with van der Waals surface area (Å²) in [6.45, 7) is 6.18. The van der Waals surface area contributed by atoms with Gasteiger partial charge in [0.1, 0.15) is 11.6 Å². The van der Waals surface area contributed by atoms with Gasteiger partial charge in [-0.2, -0.15) is 0 Å². The maximum absolute atomic E-state index is 6.00. The van der Waals surface area contributed by atoms with Crippen molar-refractivity contribution in [3.63, 3.8) is 0 Å². The Morgan fingerprint density at radius 1 is 1.17 bits per heavy atom. The SMILES string of the molecule is CCc1c(C)nc(C(C)c2ccccc2)nc1N. The molecule has 94 valence electrons. The number of nitrogens with zero attached hydrogens (tertiary/aromatic N) is 2. The van der Waals surface area contributed by atoms with E-state index in [1.807, 2.05) is 25.1 Å². The van der Waals surface area contributed by atoms with Crippen LogP contribution in [0.15, 0.2) is 30.3 Å². The van der Waals surface area contributed by atoms with Crippen LogP contribution in [-0.4, -0.2) is 9.97 Å². The standard InChI is InChI=1S/C15H19N3/c1-4-13-11(3)17-15(18-14(13)16)10(2)12-8-6-5-7-9-12/h5-10H,4H2,1-3H3,(H2,16,17,18). The van der Waals surface area contributed by atoms with Crippen molar-refractivity contribution in [2.45, 2.75) is 33.1 Å². The molecule has 0 amide bonds. The summed E-state index contributed by atoms with van der Waals surface area (Å²) in [4.78, 5) is 9.04. The molecule has 0 saturated carbocycles. The smallest absolute Gasteiger partial charge is 0.138 e. The van der Waals surface area contributed by atoms with Crippen molar-refractivity contribution in [2.75, 3.05) is 5.73 Å². The molecule has 1 aromatic heterocycles. The first-order chi connectivity index (χ1) is 8.63. The van der Waals surface area contributed by atoms with Crippen LogP contribution in [-0.2, 0) is 6.42 Å². The molecular weight excluding hydrogens is 222 g/mol. The zero-order valence-corrected chi connectivity index (χ0v) is 11.1. The van der Waals surface area contributed by atoms with Crippen LogP contribution >= 0.6 is 0 Å². The molecule has 18 heavy (non-hydrogen) atoms. The fraction of sp³-hybridized carbons (Fsp3) is 0.333. The number of rotatable bonds is 3. The van der Waals surface area contributed by atoms with Gasteiger partial charge in [0.05, 0.1) is 0 Å². The van der Waals surface area contributed by atoms with Gasteiger partial charge in [0, 0.05) is 17.2 Å². The summed E-state index contributed by atoms with van der Waals surface area (Å²) in [6, 6.07) is 10.3. The minimum atomic E-state index is 0.165. The van der Waals surface area contributed by atoms with Crippen molar-refractivity contribution in [2.24, 2.45) is 0 Å². The number of hydrogen-bond donors (Lipinski definition) is 1. The minimum absolute atomic E-state index is 0.165. The van der Waals surface area contributed by atoms with Gasteiger partial charge < -0.3 is 5.73 Å². The van der Waals surface area contributed by atoms with Crippen LogP contribution in [0, 0.1) is 6.92 Å². The van der Waals surface area contributed by atoms with E-state index in [4.69, 9.17) is 5.73 Å². The van der Waals surface area contributed by atoms with Crippen LogP contribution in [0.5, 0.6) is 0 Å². The molecule has 3 nitrogen and oxygen atoms in total. The van der Waals surface area contributed by atoms with Crippen LogP contribution in [0.3, 0.4) is 0 Å². The lowest BCUT2D eigenvalue weighted by molar-refractivity contribution is 0.799. The highest BCUT2D eigenvalue weighted by atomic mass is 15.0. The second-order valence-corrected chi connectivity index (χ2v) is 4.52. The van der Waals surface area contributed by atoms with Gasteiger partial charge in [-0.15, -0.1) is 0 Å². The molecule has 0 bridgehead atoms. The van der Waals surface area contributed by atoms with E-state index in [-0.39, 0.29) is 5.92 Å². The zero-order valence-electron chi connectivity index (χ0n) is 11.1. The maximum Gasteiger partial charge on any atom is 0.138 e. The second-order valence-electron chi connectivity index (χ2n) is 4.52. The van der Waals surface area contributed by atoms with Gasteiger partial charge in [0.25, 0.3) is 0 Å². The Morgan fingerprint density at radius 2 is 1.83 bits per heavy atom. The average Bonchev–Trinajstić information content (AvgIpc) is 2.38. The maximum atomic E-state index is 6.00. The average molecular weight is 241 g/mol. The molecule has 2 aromatic rings. The molecule has 0 aliphatic rings. The number of benzene rings is 1. The summed E-state index contributed by atoms with van der Waals surface area (Å²) in [5, 5.41) is 0. The molecule has 0 radical (unpaired) electrons. The van der Waals surface area contributed by atoms with Crippen molar-refractivity contribution in [1.29, 1.82) is 0 Å². The number of aromatic nitrogens is 2. The Bertz CT molecular complexity index is 512. The third-order valence-corrected chi connectivity index (χ3v) is 3.30. The van der Waals surface area contributed by atoms with Gasteiger partial charge in [0.15, 0.2) is 0 Å². The third-order valence-electron chi connectivity index (χ3n) is 3.30. The molecule has 3 heteroatoms. The van der Waals surface area contributed by atoms with Gasteiger partial charge in [-0.05, 0) is 18.9 Å². The van der Waals surface area contributed by atoms with E-state index in [1.165, 1.54) is 5.56 Å². The highest BCUT2D eigenvalue weighted by molar-refractivity contribution is 5.43. The van der Waals surface area contributed by atoms with Gasteiger partial charge in [-0.3, -0.25) is 0 Å². The molecular formula is C15H19N3. The van der Waals surface area contributed by atoms with Crippen molar-refractivity contribution in [3.05, 3.63) is 53.0 Å². The first-order valence-electron chi connectivity index (χ1n) is 6.31. The predicted octanol–water partition coefficient (Wildman–Crippen LogP) is 3.08. The Morgan fingerprint density at radius 3 is 2.39 bits per heavy atom. The minimum Gasteiger partial charge on any atom is -0.383 e. The fourth-order valence-electron chi connectivity index (χ4n) is 2.16.